The molecule has 32 heavy (non-hydrogen) atoms. The third-order valence-electron chi connectivity index (χ3n) is 9.46. The molecule has 3 rings (SSSR count). The number of esters is 1. The predicted molar refractivity (Wildman–Crippen MR) is 130 cm³/mol. The second-order valence-electron chi connectivity index (χ2n) is 12.4. The summed E-state index contributed by atoms with van der Waals surface area (Å²) in [6, 6.07) is 0. The molecule has 3 fully saturated rings. The maximum absolute atomic E-state index is 12.6. The van der Waals surface area contributed by atoms with Gasteiger partial charge in [0.1, 0.15) is 12.7 Å². The molecular weight excluding hydrogens is 420 g/mol. The number of allylic oxidation sites excluding steroid dienone is 2. The number of hydrogen-bond donors (Lipinski definition) is 2. The fourth-order valence-electron chi connectivity index (χ4n) is 6.18. The van der Waals surface area contributed by atoms with Crippen LogP contribution >= 0.6 is 0 Å². The molecular formula is C26H44O5Si. The Balaban J connectivity index is 1.86. The third kappa shape index (κ3) is 4.28. The first-order valence-corrected chi connectivity index (χ1v) is 15.1. The minimum absolute atomic E-state index is 0.0105. The highest BCUT2D eigenvalue weighted by Gasteiger charge is 2.57. The molecule has 2 aliphatic carbocycles. The molecule has 0 radical (unpaired) electrons. The molecule has 6 atom stereocenters. The van der Waals surface area contributed by atoms with Crippen LogP contribution in [0.5, 0.6) is 0 Å². The summed E-state index contributed by atoms with van der Waals surface area (Å²) in [5.41, 5.74) is 1.29. The van der Waals surface area contributed by atoms with Crippen molar-refractivity contribution in [3.63, 3.8) is 0 Å². The van der Waals surface area contributed by atoms with Crippen molar-refractivity contribution < 1.29 is 24.2 Å². The number of carbonyl (C=O) groups excluding carboxylic acids is 1. The molecule has 1 aliphatic heterocycles. The first kappa shape index (κ1) is 25.7. The Morgan fingerprint density at radius 2 is 1.94 bits per heavy atom. The largest absolute Gasteiger partial charge is 0.459 e. The van der Waals surface area contributed by atoms with Gasteiger partial charge in [0.15, 0.2) is 8.32 Å². The molecule has 2 N–H and O–H groups in total. The zero-order chi connectivity index (χ0) is 24.1. The van der Waals surface area contributed by atoms with Gasteiger partial charge in [-0.2, -0.15) is 0 Å². The Labute approximate surface area is 195 Å². The van der Waals surface area contributed by atoms with E-state index in [-0.39, 0.29) is 47.6 Å². The summed E-state index contributed by atoms with van der Waals surface area (Å²) >= 11 is 0. The lowest BCUT2D eigenvalue weighted by Gasteiger charge is -2.59. The molecule has 1 saturated heterocycles. The maximum atomic E-state index is 12.6. The molecule has 0 spiro atoms. The van der Waals surface area contributed by atoms with Crippen molar-refractivity contribution in [3.8, 4) is 0 Å². The summed E-state index contributed by atoms with van der Waals surface area (Å²) in [4.78, 5) is 12.6. The zero-order valence-electron chi connectivity index (χ0n) is 21.2. The molecule has 0 bridgehead atoms. The van der Waals surface area contributed by atoms with E-state index in [1.54, 1.807) is 0 Å². The van der Waals surface area contributed by atoms with Crippen LogP contribution in [-0.4, -0.2) is 49.9 Å². The van der Waals surface area contributed by atoms with Crippen molar-refractivity contribution in [2.24, 2.45) is 22.7 Å². The lowest BCUT2D eigenvalue weighted by Crippen LogP contribution is -2.57. The number of cyclic esters (lactones) is 1. The van der Waals surface area contributed by atoms with Crippen molar-refractivity contribution in [1.29, 1.82) is 0 Å². The third-order valence-corrected chi connectivity index (χ3v) is 13.9. The topological polar surface area (TPSA) is 76.0 Å². The van der Waals surface area contributed by atoms with Gasteiger partial charge in [0, 0.05) is 5.41 Å². The van der Waals surface area contributed by atoms with E-state index in [1.807, 2.05) is 13.0 Å². The quantitative estimate of drug-likeness (QED) is 0.259. The van der Waals surface area contributed by atoms with Gasteiger partial charge in [-0.05, 0) is 67.5 Å². The summed E-state index contributed by atoms with van der Waals surface area (Å²) in [7, 11) is -2.04. The second kappa shape index (κ2) is 8.68. The van der Waals surface area contributed by atoms with Crippen molar-refractivity contribution in [2.75, 3.05) is 13.2 Å². The molecule has 6 heteroatoms. The Kier molecular flexibility index (Phi) is 6.96. The van der Waals surface area contributed by atoms with Crippen LogP contribution in [0.25, 0.3) is 0 Å². The Bertz CT molecular complexity index is 782. The fourth-order valence-corrected chi connectivity index (χ4v) is 7.44. The average Bonchev–Trinajstić information content (AvgIpc) is 3.02. The molecule has 5 nitrogen and oxygen atoms in total. The highest BCUT2D eigenvalue weighted by atomic mass is 28.4. The second-order valence-corrected chi connectivity index (χ2v) is 17.1. The number of hydrogen-bond acceptors (Lipinski definition) is 5. The minimum atomic E-state index is -2.04. The number of aliphatic hydroxyl groups is 2. The molecule has 2 saturated carbocycles. The number of aliphatic hydroxyl groups excluding tert-OH is 2. The molecule has 0 aromatic heterocycles. The van der Waals surface area contributed by atoms with Crippen LogP contribution in [0.15, 0.2) is 23.8 Å². The first-order chi connectivity index (χ1) is 14.7. The van der Waals surface area contributed by atoms with Crippen LogP contribution < -0.4 is 0 Å². The van der Waals surface area contributed by atoms with Gasteiger partial charge in [0.05, 0.1) is 18.3 Å². The summed E-state index contributed by atoms with van der Waals surface area (Å²) < 4.78 is 11.9. The molecule has 3 aliphatic rings. The van der Waals surface area contributed by atoms with E-state index in [0.29, 0.717) is 18.4 Å². The summed E-state index contributed by atoms with van der Waals surface area (Å²) in [6.07, 6.45) is 5.38. The Morgan fingerprint density at radius 1 is 1.28 bits per heavy atom. The van der Waals surface area contributed by atoms with Gasteiger partial charge in [-0.1, -0.05) is 52.8 Å². The van der Waals surface area contributed by atoms with Crippen LogP contribution in [0.4, 0.5) is 0 Å². The molecule has 0 amide bonds. The Morgan fingerprint density at radius 3 is 2.53 bits per heavy atom. The van der Waals surface area contributed by atoms with E-state index in [1.165, 1.54) is 5.57 Å². The molecule has 0 aromatic carbocycles. The highest BCUT2D eigenvalue weighted by Crippen LogP contribution is 2.61. The monoisotopic (exact) mass is 464 g/mol. The smallest absolute Gasteiger partial charge is 0.336 e. The van der Waals surface area contributed by atoms with E-state index in [9.17, 15) is 15.0 Å². The lowest BCUT2D eigenvalue weighted by atomic mass is 9.46. The number of rotatable bonds is 5. The predicted octanol–water partition coefficient (Wildman–Crippen LogP) is 4.99. The first-order valence-electron chi connectivity index (χ1n) is 12.2. The standard InChI is InChI=1S/C26H44O5Si/c1-17-9-12-21-25(5,14-13-22(28)26(21,6)16-27)19(17)11-10-18-20(15-30-23(18)29)31-32(7,8)24(2,3)4/h10,19-22,27-28H,1,9,11-16H2,2-8H3/b18-10+/t19-,20-,21+,22-,25+,26+/m1/s1. The van der Waals surface area contributed by atoms with Gasteiger partial charge in [0.2, 0.25) is 0 Å². The molecule has 182 valence electrons. The van der Waals surface area contributed by atoms with Gasteiger partial charge in [-0.15, -0.1) is 0 Å². The zero-order valence-corrected chi connectivity index (χ0v) is 22.2. The van der Waals surface area contributed by atoms with Crippen LogP contribution in [0.3, 0.4) is 0 Å². The summed E-state index contributed by atoms with van der Waals surface area (Å²) in [6.45, 7) is 20.0. The van der Waals surface area contributed by atoms with Crippen molar-refractivity contribution in [2.45, 2.75) is 97.1 Å². The Hall–Kier alpha value is -0.953. The molecule has 0 aromatic rings. The lowest BCUT2D eigenvalue weighted by molar-refractivity contribution is -0.151. The van der Waals surface area contributed by atoms with Gasteiger partial charge in [0.25, 0.3) is 0 Å². The van der Waals surface area contributed by atoms with Crippen molar-refractivity contribution >= 4 is 14.3 Å². The van der Waals surface area contributed by atoms with E-state index in [0.717, 1.165) is 19.3 Å². The van der Waals surface area contributed by atoms with Crippen molar-refractivity contribution in [1.82, 2.24) is 0 Å². The van der Waals surface area contributed by atoms with E-state index in [4.69, 9.17) is 9.16 Å². The minimum Gasteiger partial charge on any atom is -0.459 e. The number of fused-ring (bicyclic) bond motifs is 1. The van der Waals surface area contributed by atoms with E-state index < -0.39 is 19.8 Å². The highest BCUT2D eigenvalue weighted by molar-refractivity contribution is 6.74. The van der Waals surface area contributed by atoms with Crippen LogP contribution in [-0.2, 0) is 14.0 Å². The molecule has 1 heterocycles. The van der Waals surface area contributed by atoms with Gasteiger partial charge in [-0.3, -0.25) is 0 Å². The normalized spacial score (nSPS) is 39.8. The van der Waals surface area contributed by atoms with Crippen LogP contribution in [0, 0.1) is 22.7 Å². The van der Waals surface area contributed by atoms with Crippen LogP contribution in [0.1, 0.15) is 66.7 Å². The summed E-state index contributed by atoms with van der Waals surface area (Å²) in [5, 5.41) is 21.0. The average molecular weight is 465 g/mol. The maximum Gasteiger partial charge on any atom is 0.336 e. The van der Waals surface area contributed by atoms with E-state index >= 15 is 0 Å². The number of carbonyl (C=O) groups is 1. The summed E-state index contributed by atoms with van der Waals surface area (Å²) in [5.74, 6) is 0.151. The number of ether oxygens (including phenoxy) is 1. The molecule has 0 unspecified atom stereocenters. The van der Waals surface area contributed by atoms with Gasteiger partial charge >= 0.3 is 5.97 Å². The van der Waals surface area contributed by atoms with Gasteiger partial charge < -0.3 is 19.4 Å². The van der Waals surface area contributed by atoms with Gasteiger partial charge in [-0.25, -0.2) is 4.79 Å². The fraction of sp³-hybridized carbons (Fsp3) is 0.808. The van der Waals surface area contributed by atoms with E-state index in [2.05, 4.69) is 47.4 Å². The van der Waals surface area contributed by atoms with Crippen LogP contribution in [0.2, 0.25) is 18.1 Å². The SMILES string of the molecule is C=C1CC[C@@H]2[C@](C)(CO)[C@H](O)CC[C@@]2(C)[C@@H]1C/C=C1/C(=O)OC[C@H]1O[Si](C)(C)C(C)(C)C. The van der Waals surface area contributed by atoms with Crippen molar-refractivity contribution in [3.05, 3.63) is 23.8 Å².